The van der Waals surface area contributed by atoms with Crippen molar-refractivity contribution in [1.82, 2.24) is 0 Å². The zero-order valence-corrected chi connectivity index (χ0v) is 15.7. The van der Waals surface area contributed by atoms with Crippen molar-refractivity contribution in [3.8, 4) is 5.75 Å². The normalized spacial score (nSPS) is 13.5. The van der Waals surface area contributed by atoms with Crippen LogP contribution in [0.3, 0.4) is 0 Å². The third-order valence-corrected chi connectivity index (χ3v) is 4.18. The first-order valence-electron chi connectivity index (χ1n) is 9.44. The molecule has 5 nitrogen and oxygen atoms in total. The van der Waals surface area contributed by atoms with E-state index in [1.165, 1.54) is 11.1 Å². The van der Waals surface area contributed by atoms with Gasteiger partial charge in [-0.05, 0) is 30.0 Å². The maximum Gasteiger partial charge on any atom is 0.189 e. The minimum atomic E-state index is 0.328. The molecule has 5 heteroatoms. The van der Waals surface area contributed by atoms with Crippen molar-refractivity contribution in [2.45, 2.75) is 52.7 Å². The number of ether oxygens (including phenoxy) is 5. The molecule has 142 valence electrons. The fraction of sp³-hybridized carbons (Fsp3) is 0.700. The minimum absolute atomic E-state index is 0.328. The lowest BCUT2D eigenvalue weighted by atomic mass is 9.97. The van der Waals surface area contributed by atoms with Gasteiger partial charge in [-0.1, -0.05) is 32.8 Å². The van der Waals surface area contributed by atoms with Gasteiger partial charge in [0.2, 0.25) is 0 Å². The molecule has 0 saturated heterocycles. The van der Waals surface area contributed by atoms with Gasteiger partial charge >= 0.3 is 0 Å². The predicted molar refractivity (Wildman–Crippen MR) is 96.9 cm³/mol. The van der Waals surface area contributed by atoms with Crippen molar-refractivity contribution < 1.29 is 23.7 Å². The number of hydrogen-bond acceptors (Lipinski definition) is 5. The standard InChI is InChI=1S/C20H32O5/c1-3-5-9-21-10-11-22-12-13-23-14-18-17(6-4-2)7-8-20-19(18)15-24-16-25-20/h7-8H,3-6,9-16H2,1-2H3. The highest BCUT2D eigenvalue weighted by Gasteiger charge is 2.17. The van der Waals surface area contributed by atoms with Gasteiger partial charge in [0.15, 0.2) is 6.79 Å². The number of benzene rings is 1. The van der Waals surface area contributed by atoms with E-state index in [-0.39, 0.29) is 0 Å². The van der Waals surface area contributed by atoms with Gasteiger partial charge in [0, 0.05) is 12.2 Å². The lowest BCUT2D eigenvalue weighted by molar-refractivity contribution is -0.0189. The first-order valence-corrected chi connectivity index (χ1v) is 9.44. The molecule has 1 aromatic rings. The van der Waals surface area contributed by atoms with Crippen molar-refractivity contribution in [1.29, 1.82) is 0 Å². The molecule has 1 aliphatic heterocycles. The molecular formula is C20H32O5. The summed E-state index contributed by atoms with van der Waals surface area (Å²) in [5, 5.41) is 0. The smallest absolute Gasteiger partial charge is 0.189 e. The molecule has 1 heterocycles. The Labute approximate surface area is 151 Å². The molecule has 1 aromatic carbocycles. The Morgan fingerprint density at radius 2 is 1.68 bits per heavy atom. The lowest BCUT2D eigenvalue weighted by Crippen LogP contribution is -2.16. The molecule has 0 N–H and O–H groups in total. The molecule has 0 aliphatic carbocycles. The van der Waals surface area contributed by atoms with E-state index in [9.17, 15) is 0 Å². The van der Waals surface area contributed by atoms with E-state index >= 15 is 0 Å². The Hall–Kier alpha value is -1.14. The van der Waals surface area contributed by atoms with E-state index in [1.807, 2.05) is 6.07 Å². The number of aryl methyl sites for hydroxylation is 1. The Morgan fingerprint density at radius 3 is 2.44 bits per heavy atom. The lowest BCUT2D eigenvalue weighted by Gasteiger charge is -2.23. The van der Waals surface area contributed by atoms with Crippen LogP contribution >= 0.6 is 0 Å². The summed E-state index contributed by atoms with van der Waals surface area (Å²) in [5.74, 6) is 0.921. The van der Waals surface area contributed by atoms with Gasteiger partial charge in [-0.3, -0.25) is 0 Å². The second-order valence-electron chi connectivity index (χ2n) is 6.17. The fourth-order valence-corrected chi connectivity index (χ4v) is 2.81. The molecule has 2 rings (SSSR count). The molecule has 0 radical (unpaired) electrons. The summed E-state index contributed by atoms with van der Waals surface area (Å²) < 4.78 is 27.9. The first kappa shape index (κ1) is 20.2. The zero-order chi connectivity index (χ0) is 17.7. The van der Waals surface area contributed by atoms with Gasteiger partial charge in [-0.15, -0.1) is 0 Å². The van der Waals surface area contributed by atoms with Crippen LogP contribution in [-0.4, -0.2) is 39.8 Å². The summed E-state index contributed by atoms with van der Waals surface area (Å²) in [7, 11) is 0. The van der Waals surface area contributed by atoms with Crippen molar-refractivity contribution in [3.05, 3.63) is 28.8 Å². The van der Waals surface area contributed by atoms with Crippen LogP contribution in [0.25, 0.3) is 0 Å². The molecule has 0 bridgehead atoms. The summed E-state index contributed by atoms with van der Waals surface area (Å²) >= 11 is 0. The molecule has 0 spiro atoms. The summed E-state index contributed by atoms with van der Waals surface area (Å²) in [6.07, 6.45) is 4.41. The first-order chi connectivity index (χ1) is 12.4. The Bertz CT molecular complexity index is 489. The van der Waals surface area contributed by atoms with E-state index in [1.54, 1.807) is 0 Å². The van der Waals surface area contributed by atoms with Crippen molar-refractivity contribution in [2.24, 2.45) is 0 Å². The highest BCUT2D eigenvalue weighted by Crippen LogP contribution is 2.30. The van der Waals surface area contributed by atoms with Crippen LogP contribution in [0.1, 0.15) is 49.8 Å². The summed E-state index contributed by atoms with van der Waals surface area (Å²) in [5.41, 5.74) is 3.66. The second-order valence-corrected chi connectivity index (χ2v) is 6.17. The molecule has 0 aromatic heterocycles. The van der Waals surface area contributed by atoms with E-state index in [0.29, 0.717) is 46.4 Å². The summed E-state index contributed by atoms with van der Waals surface area (Å²) in [6, 6.07) is 4.20. The van der Waals surface area contributed by atoms with Gasteiger partial charge in [-0.25, -0.2) is 0 Å². The van der Waals surface area contributed by atoms with Crippen LogP contribution in [0.15, 0.2) is 12.1 Å². The van der Waals surface area contributed by atoms with E-state index in [0.717, 1.165) is 43.6 Å². The Morgan fingerprint density at radius 1 is 0.920 bits per heavy atom. The molecule has 0 atom stereocenters. The van der Waals surface area contributed by atoms with Crippen molar-refractivity contribution in [3.63, 3.8) is 0 Å². The van der Waals surface area contributed by atoms with Crippen molar-refractivity contribution >= 4 is 0 Å². The molecule has 25 heavy (non-hydrogen) atoms. The second kappa shape index (κ2) is 12.3. The molecule has 1 aliphatic rings. The largest absolute Gasteiger partial charge is 0.467 e. The summed E-state index contributed by atoms with van der Waals surface area (Å²) in [4.78, 5) is 0. The van der Waals surface area contributed by atoms with Gasteiger partial charge in [-0.2, -0.15) is 0 Å². The fourth-order valence-electron chi connectivity index (χ4n) is 2.81. The Balaban J connectivity index is 1.71. The predicted octanol–water partition coefficient (Wildman–Crippen LogP) is 3.86. The average Bonchev–Trinajstić information content (AvgIpc) is 2.64. The minimum Gasteiger partial charge on any atom is -0.467 e. The van der Waals surface area contributed by atoms with Crippen LogP contribution in [0, 0.1) is 0 Å². The highest BCUT2D eigenvalue weighted by atomic mass is 16.7. The van der Waals surface area contributed by atoms with Crippen LogP contribution in [0.5, 0.6) is 5.75 Å². The molecule has 0 fully saturated rings. The van der Waals surface area contributed by atoms with Gasteiger partial charge in [0.25, 0.3) is 0 Å². The van der Waals surface area contributed by atoms with Gasteiger partial charge < -0.3 is 23.7 Å². The van der Waals surface area contributed by atoms with Gasteiger partial charge in [0.05, 0.1) is 39.6 Å². The number of unbranched alkanes of at least 4 members (excludes halogenated alkanes) is 1. The molecule has 0 saturated carbocycles. The monoisotopic (exact) mass is 352 g/mol. The highest BCUT2D eigenvalue weighted by molar-refractivity contribution is 5.45. The van der Waals surface area contributed by atoms with Gasteiger partial charge in [0.1, 0.15) is 5.75 Å². The van der Waals surface area contributed by atoms with E-state index in [4.69, 9.17) is 23.7 Å². The summed E-state index contributed by atoms with van der Waals surface area (Å²) in [6.45, 7) is 9.10. The number of fused-ring (bicyclic) bond motifs is 1. The SMILES string of the molecule is CCCCOCCOCCOCc1c(CCC)ccc2c1COCO2. The van der Waals surface area contributed by atoms with Crippen LogP contribution < -0.4 is 4.74 Å². The maximum absolute atomic E-state index is 5.84. The maximum atomic E-state index is 5.84. The number of hydrogen-bond donors (Lipinski definition) is 0. The molecular weight excluding hydrogens is 320 g/mol. The topological polar surface area (TPSA) is 46.2 Å². The van der Waals surface area contributed by atoms with E-state index < -0.39 is 0 Å². The zero-order valence-electron chi connectivity index (χ0n) is 15.7. The molecule has 0 amide bonds. The Kier molecular flexibility index (Phi) is 9.89. The number of rotatable bonds is 13. The molecule has 0 unspecified atom stereocenters. The van der Waals surface area contributed by atoms with Crippen molar-refractivity contribution in [2.75, 3.05) is 39.8 Å². The third kappa shape index (κ3) is 6.94. The van der Waals surface area contributed by atoms with Crippen LogP contribution in [-0.2, 0) is 38.6 Å². The quantitative estimate of drug-likeness (QED) is 0.505. The van der Waals surface area contributed by atoms with E-state index in [2.05, 4.69) is 19.9 Å². The van der Waals surface area contributed by atoms with Crippen LogP contribution in [0.4, 0.5) is 0 Å². The van der Waals surface area contributed by atoms with Crippen LogP contribution in [0.2, 0.25) is 0 Å². The average molecular weight is 352 g/mol. The third-order valence-electron chi connectivity index (χ3n) is 4.18.